The molecule has 0 aliphatic rings. The maximum absolute atomic E-state index is 12.3. The van der Waals surface area contributed by atoms with Gasteiger partial charge in [-0.1, -0.05) is 41.9 Å². The molecule has 2 N–H and O–H groups in total. The molecule has 7 heteroatoms. The van der Waals surface area contributed by atoms with Gasteiger partial charge in [0, 0.05) is 11.1 Å². The van der Waals surface area contributed by atoms with Crippen molar-refractivity contribution in [1.29, 1.82) is 0 Å². The van der Waals surface area contributed by atoms with E-state index in [2.05, 4.69) is 10.6 Å². The van der Waals surface area contributed by atoms with Gasteiger partial charge in [0.1, 0.15) is 11.8 Å². The zero-order chi connectivity index (χ0) is 19.1. The van der Waals surface area contributed by atoms with E-state index in [-0.39, 0.29) is 12.5 Å². The molecule has 0 aliphatic heterocycles. The van der Waals surface area contributed by atoms with E-state index in [0.29, 0.717) is 22.0 Å². The maximum Gasteiger partial charge on any atom is 0.327 e. The third-order valence-electron chi connectivity index (χ3n) is 3.79. The van der Waals surface area contributed by atoms with Crippen molar-refractivity contribution in [2.75, 3.05) is 26.1 Å². The van der Waals surface area contributed by atoms with Gasteiger partial charge in [-0.05, 0) is 24.1 Å². The standard InChI is InChI=1S/C19H21ClN2O4/c1-12-9-15(16(25-2)10-14(12)20)22-17(23)11-21-18(19(24)26-3)13-7-5-4-6-8-13/h4-10,18,21H,11H2,1-3H3,(H,22,23)/t18-/m1/s1. The third-order valence-corrected chi connectivity index (χ3v) is 4.20. The first kappa shape index (κ1) is 19.8. The van der Waals surface area contributed by atoms with Crippen LogP contribution in [0.1, 0.15) is 17.2 Å². The molecular formula is C19H21ClN2O4. The first-order valence-corrected chi connectivity index (χ1v) is 8.34. The van der Waals surface area contributed by atoms with Crippen LogP contribution in [0.2, 0.25) is 5.02 Å². The lowest BCUT2D eigenvalue weighted by Gasteiger charge is -2.17. The van der Waals surface area contributed by atoms with Gasteiger partial charge in [-0.3, -0.25) is 10.1 Å². The van der Waals surface area contributed by atoms with Gasteiger partial charge in [-0.25, -0.2) is 4.79 Å². The smallest absolute Gasteiger partial charge is 0.327 e. The first-order chi connectivity index (χ1) is 12.5. The van der Waals surface area contributed by atoms with Gasteiger partial charge in [0.2, 0.25) is 5.91 Å². The van der Waals surface area contributed by atoms with Crippen LogP contribution in [0, 0.1) is 6.92 Å². The minimum Gasteiger partial charge on any atom is -0.495 e. The van der Waals surface area contributed by atoms with Crippen molar-refractivity contribution in [2.45, 2.75) is 13.0 Å². The Morgan fingerprint density at radius 3 is 2.46 bits per heavy atom. The summed E-state index contributed by atoms with van der Waals surface area (Å²) in [6.45, 7) is 1.75. The number of halogens is 1. The number of aryl methyl sites for hydroxylation is 1. The zero-order valence-electron chi connectivity index (χ0n) is 14.8. The maximum atomic E-state index is 12.3. The molecule has 0 radical (unpaired) electrons. The molecule has 0 fully saturated rings. The molecule has 26 heavy (non-hydrogen) atoms. The molecule has 0 aliphatic carbocycles. The highest BCUT2D eigenvalue weighted by Gasteiger charge is 2.22. The van der Waals surface area contributed by atoms with Crippen LogP contribution in [0.3, 0.4) is 0 Å². The second kappa shape index (κ2) is 9.22. The van der Waals surface area contributed by atoms with E-state index in [1.807, 2.05) is 25.1 Å². The minimum atomic E-state index is -0.735. The number of hydrogen-bond donors (Lipinski definition) is 2. The minimum absolute atomic E-state index is 0.0838. The molecule has 1 atom stereocenters. The van der Waals surface area contributed by atoms with Crippen LogP contribution in [0.25, 0.3) is 0 Å². The molecule has 0 aromatic heterocycles. The quantitative estimate of drug-likeness (QED) is 0.726. The van der Waals surface area contributed by atoms with Crippen LogP contribution >= 0.6 is 11.6 Å². The predicted octanol–water partition coefficient (Wildman–Crippen LogP) is 3.10. The number of methoxy groups -OCH3 is 2. The second-order valence-corrected chi connectivity index (χ2v) is 6.00. The zero-order valence-corrected chi connectivity index (χ0v) is 15.6. The number of carbonyl (C=O) groups is 2. The van der Waals surface area contributed by atoms with E-state index in [4.69, 9.17) is 21.1 Å². The average molecular weight is 377 g/mol. The Labute approximate surface area is 157 Å². The Balaban J connectivity index is 2.07. The molecule has 2 aromatic carbocycles. The van der Waals surface area contributed by atoms with Crippen molar-refractivity contribution in [2.24, 2.45) is 0 Å². The summed E-state index contributed by atoms with van der Waals surface area (Å²) in [7, 11) is 2.80. The third kappa shape index (κ3) is 4.97. The molecule has 0 unspecified atom stereocenters. The van der Waals surface area contributed by atoms with Crippen LogP contribution in [-0.4, -0.2) is 32.6 Å². The number of esters is 1. The van der Waals surface area contributed by atoms with Crippen LogP contribution in [0.5, 0.6) is 5.75 Å². The highest BCUT2D eigenvalue weighted by molar-refractivity contribution is 6.31. The van der Waals surface area contributed by atoms with E-state index >= 15 is 0 Å². The lowest BCUT2D eigenvalue weighted by atomic mass is 10.1. The van der Waals surface area contributed by atoms with E-state index in [9.17, 15) is 9.59 Å². The van der Waals surface area contributed by atoms with Gasteiger partial charge in [-0.15, -0.1) is 0 Å². The molecule has 0 heterocycles. The number of rotatable bonds is 7. The van der Waals surface area contributed by atoms with Gasteiger partial charge in [-0.2, -0.15) is 0 Å². The predicted molar refractivity (Wildman–Crippen MR) is 101 cm³/mol. The highest BCUT2D eigenvalue weighted by atomic mass is 35.5. The molecule has 0 saturated carbocycles. The topological polar surface area (TPSA) is 76.7 Å². The second-order valence-electron chi connectivity index (χ2n) is 5.60. The van der Waals surface area contributed by atoms with Gasteiger partial charge in [0.15, 0.2) is 0 Å². The van der Waals surface area contributed by atoms with E-state index < -0.39 is 12.0 Å². The number of amides is 1. The molecule has 1 amide bonds. The fourth-order valence-electron chi connectivity index (χ4n) is 2.42. The number of anilines is 1. The molecule has 0 saturated heterocycles. The number of carbonyl (C=O) groups excluding carboxylic acids is 2. The Hall–Kier alpha value is -2.57. The van der Waals surface area contributed by atoms with Crippen LogP contribution in [-0.2, 0) is 14.3 Å². The molecule has 6 nitrogen and oxygen atoms in total. The lowest BCUT2D eigenvalue weighted by Crippen LogP contribution is -2.35. The first-order valence-electron chi connectivity index (χ1n) is 7.96. The summed E-state index contributed by atoms with van der Waals surface area (Å²) >= 11 is 6.07. The molecular weight excluding hydrogens is 356 g/mol. The average Bonchev–Trinajstić information content (AvgIpc) is 2.65. The van der Waals surface area contributed by atoms with Crippen molar-refractivity contribution in [1.82, 2.24) is 5.32 Å². The lowest BCUT2D eigenvalue weighted by molar-refractivity contribution is -0.143. The molecule has 0 bridgehead atoms. The number of nitrogens with one attached hydrogen (secondary N) is 2. The molecule has 0 spiro atoms. The monoisotopic (exact) mass is 376 g/mol. The van der Waals surface area contributed by atoms with Crippen molar-refractivity contribution in [3.63, 3.8) is 0 Å². The van der Waals surface area contributed by atoms with Crippen LogP contribution in [0.4, 0.5) is 5.69 Å². The van der Waals surface area contributed by atoms with Crippen molar-refractivity contribution in [3.8, 4) is 5.75 Å². The molecule has 2 rings (SSSR count). The normalized spacial score (nSPS) is 11.5. The van der Waals surface area contributed by atoms with Gasteiger partial charge in [0.25, 0.3) is 0 Å². The van der Waals surface area contributed by atoms with Crippen LogP contribution < -0.4 is 15.4 Å². The highest BCUT2D eigenvalue weighted by Crippen LogP contribution is 2.30. The van der Waals surface area contributed by atoms with Crippen molar-refractivity contribution >= 4 is 29.2 Å². The fraction of sp³-hybridized carbons (Fsp3) is 0.263. The van der Waals surface area contributed by atoms with E-state index in [1.54, 1.807) is 24.3 Å². The fourth-order valence-corrected chi connectivity index (χ4v) is 2.57. The summed E-state index contributed by atoms with van der Waals surface area (Å²) in [6, 6.07) is 11.7. The van der Waals surface area contributed by atoms with Crippen LogP contribution in [0.15, 0.2) is 42.5 Å². The molecule has 2 aromatic rings. The number of hydrogen-bond acceptors (Lipinski definition) is 5. The summed E-state index contributed by atoms with van der Waals surface area (Å²) in [5.41, 5.74) is 2.04. The van der Waals surface area contributed by atoms with Crippen molar-refractivity contribution < 1.29 is 19.1 Å². The largest absolute Gasteiger partial charge is 0.495 e. The van der Waals surface area contributed by atoms with Gasteiger partial charge < -0.3 is 14.8 Å². The number of benzene rings is 2. The Kier molecular flexibility index (Phi) is 7.00. The summed E-state index contributed by atoms with van der Waals surface area (Å²) in [6.07, 6.45) is 0. The summed E-state index contributed by atoms with van der Waals surface area (Å²) < 4.78 is 10.1. The van der Waals surface area contributed by atoms with E-state index in [0.717, 1.165) is 5.56 Å². The number of ether oxygens (including phenoxy) is 2. The summed E-state index contributed by atoms with van der Waals surface area (Å²) in [5.74, 6) is -0.333. The van der Waals surface area contributed by atoms with Crippen molar-refractivity contribution in [3.05, 3.63) is 58.6 Å². The Bertz CT molecular complexity index is 781. The Morgan fingerprint density at radius 1 is 1.15 bits per heavy atom. The summed E-state index contributed by atoms with van der Waals surface area (Å²) in [4.78, 5) is 24.3. The Morgan fingerprint density at radius 2 is 1.85 bits per heavy atom. The van der Waals surface area contributed by atoms with E-state index in [1.165, 1.54) is 14.2 Å². The van der Waals surface area contributed by atoms with Gasteiger partial charge in [0.05, 0.1) is 26.5 Å². The molecule has 138 valence electrons. The van der Waals surface area contributed by atoms with Gasteiger partial charge >= 0.3 is 5.97 Å². The summed E-state index contributed by atoms with van der Waals surface area (Å²) in [5, 5.41) is 6.22. The SMILES string of the molecule is COC(=O)[C@H](NCC(=O)Nc1cc(C)c(Cl)cc1OC)c1ccccc1.